The van der Waals surface area contributed by atoms with Crippen LogP contribution in [0.15, 0.2) is 0 Å². The highest BCUT2D eigenvalue weighted by Crippen LogP contribution is 1.98. The van der Waals surface area contributed by atoms with Crippen molar-refractivity contribution in [3.8, 4) is 0 Å². The number of rotatable bonds is 143. The lowest BCUT2D eigenvalue weighted by Crippen LogP contribution is -2.16. The maximum absolute atomic E-state index is 5.56. The third kappa shape index (κ3) is 143. The minimum Gasteiger partial charge on any atom is -0.382 e. The molecule has 0 saturated carbocycles. The van der Waals surface area contributed by atoms with Gasteiger partial charge in [-0.3, -0.25) is 0 Å². The van der Waals surface area contributed by atoms with E-state index in [0.29, 0.717) is 628 Å². The Hall–Kier alpha value is -1.44. The predicted molar refractivity (Wildman–Crippen MR) is 534 cm³/mol. The Morgan fingerprint density at radius 3 is 0.151 bits per heavy atom. The van der Waals surface area contributed by atoms with Gasteiger partial charge >= 0.3 is 0 Å². The minimum absolute atomic E-state index is 0.472. The predicted octanol–water partition coefficient (Wildman–Crippen LogP) is 1.81. The van der Waals surface area contributed by atoms with Crippen LogP contribution in [-0.2, 0) is 227 Å². The van der Waals surface area contributed by atoms with Crippen LogP contribution < -0.4 is 0 Å². The van der Waals surface area contributed by atoms with Crippen LogP contribution in [0.4, 0.5) is 0 Å². The molecule has 0 bridgehead atoms. The maximum Gasteiger partial charge on any atom is 0.0701 e. The van der Waals surface area contributed by atoms with E-state index in [-0.39, 0.29) is 0 Å². The summed E-state index contributed by atoms with van der Waals surface area (Å²) in [7, 11) is 1.64. The normalized spacial score (nSPS) is 11.9. The Bertz CT molecular complexity index is 1850. The molecule has 0 spiro atoms. The summed E-state index contributed by atoms with van der Waals surface area (Å²) in [6, 6.07) is 0. The maximum atomic E-state index is 5.56. The summed E-state index contributed by atoms with van der Waals surface area (Å²) < 4.78 is 264. The van der Waals surface area contributed by atoms with Crippen LogP contribution in [-0.4, -0.2) is 640 Å². The van der Waals surface area contributed by atoms with Crippen molar-refractivity contribution in [1.82, 2.24) is 0 Å². The Kier molecular flexibility index (Phi) is 142. The van der Waals surface area contributed by atoms with Crippen LogP contribution in [0.5, 0.6) is 0 Å². The smallest absolute Gasteiger partial charge is 0.0701 e. The van der Waals surface area contributed by atoms with E-state index in [1.807, 2.05) is 0 Å². The molecule has 0 heterocycles. The van der Waals surface area contributed by atoms with Crippen molar-refractivity contribution in [2.45, 2.75) is 0 Å². The molecule has 0 unspecified atom stereocenters. The molecule has 0 aromatic rings. The molecular formula is C97H195BrO48. The van der Waals surface area contributed by atoms with Crippen LogP contribution >= 0.6 is 15.9 Å². The minimum atomic E-state index is 0.472. The molecule has 0 atom stereocenters. The molecule has 146 heavy (non-hydrogen) atoms. The summed E-state index contributed by atoms with van der Waals surface area (Å²) in [5.74, 6) is 0. The fraction of sp³-hybridized carbons (Fsp3) is 1.00. The Balaban J connectivity index is 3.11. The first-order valence-corrected chi connectivity index (χ1v) is 53.2. The van der Waals surface area contributed by atoms with Gasteiger partial charge in [-0.05, 0) is 0 Å². The van der Waals surface area contributed by atoms with E-state index >= 15 is 0 Å². The first-order valence-electron chi connectivity index (χ1n) is 52.1. The number of alkyl halides is 1. The zero-order valence-electron chi connectivity index (χ0n) is 88.9. The van der Waals surface area contributed by atoms with Crippen LogP contribution in [0.2, 0.25) is 0 Å². The van der Waals surface area contributed by atoms with Crippen molar-refractivity contribution >= 4 is 15.9 Å². The number of methoxy groups -OCH3 is 1. The van der Waals surface area contributed by atoms with E-state index in [2.05, 4.69) is 15.9 Å². The average Bonchev–Trinajstić information content (AvgIpc) is 1.11. The quantitative estimate of drug-likeness (QED) is 0.0619. The summed E-state index contributed by atoms with van der Waals surface area (Å²) in [5, 5.41) is 0.827. The van der Waals surface area contributed by atoms with Crippen LogP contribution in [0.3, 0.4) is 0 Å². The SMILES string of the molecule is COCCOCCOCCOCCOCCOCCOCCOCCOCCOCCOCCOCCOCCOCCOCCOCCOCCOCCOCCOCCOCCOCCOCCOCCOCCOCCOCCOCCOCCOCCOCCOCCOCCOCCOCCOCCOCCOCCOCCOCCOCCOCCOCCOCCOCCOCCOCCOCCBr. The van der Waals surface area contributed by atoms with E-state index in [1.54, 1.807) is 7.11 Å². The molecule has 0 aliphatic carbocycles. The molecule has 0 fully saturated rings. The average molecular weight is 2210 g/mol. The highest BCUT2D eigenvalue weighted by atomic mass is 79.9. The van der Waals surface area contributed by atoms with Crippen molar-refractivity contribution in [3.63, 3.8) is 0 Å². The van der Waals surface area contributed by atoms with Gasteiger partial charge in [0.1, 0.15) is 0 Å². The lowest BCUT2D eigenvalue weighted by Gasteiger charge is -2.09. The lowest BCUT2D eigenvalue weighted by molar-refractivity contribution is -0.0330. The molecule has 0 N–H and O–H groups in total. The molecule has 0 radical (unpaired) electrons. The second-order valence-corrected chi connectivity index (χ2v) is 30.3. The fourth-order valence-corrected chi connectivity index (χ4v) is 10.6. The van der Waals surface area contributed by atoms with Gasteiger partial charge in [0, 0.05) is 12.4 Å². The molecular weight excluding hydrogens is 2010 g/mol. The molecule has 49 heteroatoms. The van der Waals surface area contributed by atoms with Crippen LogP contribution in [0.25, 0.3) is 0 Å². The van der Waals surface area contributed by atoms with Crippen molar-refractivity contribution in [2.75, 3.05) is 640 Å². The third-order valence-corrected chi connectivity index (χ3v) is 18.1. The van der Waals surface area contributed by atoms with Gasteiger partial charge in [-0.15, -0.1) is 0 Å². The monoisotopic (exact) mass is 2210 g/mol. The molecule has 0 aromatic carbocycles. The molecule has 0 amide bonds. The number of hydrogen-bond donors (Lipinski definition) is 0. The van der Waals surface area contributed by atoms with E-state index < -0.39 is 0 Å². The van der Waals surface area contributed by atoms with Crippen molar-refractivity contribution in [1.29, 1.82) is 0 Å². The van der Waals surface area contributed by atoms with Gasteiger partial charge in [-0.2, -0.15) is 0 Å². The molecule has 878 valence electrons. The van der Waals surface area contributed by atoms with Gasteiger partial charge < -0.3 is 227 Å². The largest absolute Gasteiger partial charge is 0.382 e. The summed E-state index contributed by atoms with van der Waals surface area (Å²) in [6.45, 7) is 46.5. The Labute approximate surface area is 879 Å². The van der Waals surface area contributed by atoms with E-state index in [0.717, 1.165) is 5.33 Å². The second kappa shape index (κ2) is 144. The molecule has 0 aliphatic rings. The molecule has 0 aromatic heterocycles. The summed E-state index contributed by atoms with van der Waals surface area (Å²) in [6.07, 6.45) is 0. The first kappa shape index (κ1) is 145. The first-order chi connectivity index (χ1) is 72.9. The van der Waals surface area contributed by atoms with Gasteiger partial charge in [0.15, 0.2) is 0 Å². The third-order valence-electron chi connectivity index (χ3n) is 17.8. The second-order valence-electron chi connectivity index (χ2n) is 29.5. The van der Waals surface area contributed by atoms with Gasteiger partial charge in [-0.1, -0.05) is 15.9 Å². The Morgan fingerprint density at radius 1 is 0.0685 bits per heavy atom. The van der Waals surface area contributed by atoms with Crippen molar-refractivity contribution in [3.05, 3.63) is 0 Å². The Morgan fingerprint density at radius 2 is 0.110 bits per heavy atom. The summed E-state index contributed by atoms with van der Waals surface area (Å²) >= 11 is 3.31. The lowest BCUT2D eigenvalue weighted by atomic mass is 10.6. The zero-order valence-corrected chi connectivity index (χ0v) is 90.4. The number of ether oxygens (including phenoxy) is 48. The van der Waals surface area contributed by atoms with Crippen molar-refractivity contribution in [2.24, 2.45) is 0 Å². The van der Waals surface area contributed by atoms with Crippen molar-refractivity contribution < 1.29 is 227 Å². The van der Waals surface area contributed by atoms with Gasteiger partial charge in [0.05, 0.1) is 628 Å². The summed E-state index contributed by atoms with van der Waals surface area (Å²) in [4.78, 5) is 0. The molecule has 0 rings (SSSR count). The van der Waals surface area contributed by atoms with Crippen LogP contribution in [0, 0.1) is 0 Å². The van der Waals surface area contributed by atoms with E-state index in [4.69, 9.17) is 227 Å². The standard InChI is InChI=1S/C97H195BrO48/c1-99-4-5-101-8-9-103-12-13-105-16-17-107-20-21-109-24-25-111-28-29-113-32-33-115-36-37-117-40-41-119-44-45-121-48-49-123-52-53-125-56-57-127-60-61-129-64-65-131-68-69-133-72-73-135-76-77-137-80-81-139-84-85-141-88-89-143-92-93-145-96-97-146-95-94-144-91-90-142-87-86-140-83-82-138-79-78-136-75-74-134-71-70-132-67-66-130-63-62-128-59-58-126-55-54-124-51-50-122-47-46-120-43-42-118-39-38-116-35-34-114-31-30-112-27-26-110-23-22-108-19-18-106-15-14-104-11-10-102-7-6-100-3-2-98/h2-97H2,1H3. The van der Waals surface area contributed by atoms with Crippen LogP contribution in [0.1, 0.15) is 0 Å². The molecule has 0 saturated heterocycles. The fourth-order valence-electron chi connectivity index (χ4n) is 10.4. The van der Waals surface area contributed by atoms with E-state index in [1.165, 1.54) is 0 Å². The topological polar surface area (TPSA) is 443 Å². The van der Waals surface area contributed by atoms with E-state index in [9.17, 15) is 0 Å². The van der Waals surface area contributed by atoms with Gasteiger partial charge in [0.25, 0.3) is 0 Å². The van der Waals surface area contributed by atoms with Gasteiger partial charge in [0.2, 0.25) is 0 Å². The summed E-state index contributed by atoms with van der Waals surface area (Å²) in [5.41, 5.74) is 0. The zero-order chi connectivity index (χ0) is 104. The highest BCUT2D eigenvalue weighted by molar-refractivity contribution is 9.09. The number of halogens is 1. The molecule has 0 aliphatic heterocycles. The number of hydrogen-bond acceptors (Lipinski definition) is 48. The highest BCUT2D eigenvalue weighted by Gasteiger charge is 2.07. The molecule has 48 nitrogen and oxygen atoms in total. The van der Waals surface area contributed by atoms with Gasteiger partial charge in [-0.25, -0.2) is 0 Å².